The Balaban J connectivity index is 2.43. The Labute approximate surface area is 97.2 Å². The fourth-order valence-electron chi connectivity index (χ4n) is 1.86. The van der Waals surface area contributed by atoms with Crippen LogP contribution in [0.5, 0.6) is 0 Å². The summed E-state index contributed by atoms with van der Waals surface area (Å²) in [4.78, 5) is 14.2. The van der Waals surface area contributed by atoms with Crippen molar-refractivity contribution in [3.8, 4) is 0 Å². The molecule has 0 atom stereocenters. The van der Waals surface area contributed by atoms with Gasteiger partial charge in [0.2, 0.25) is 5.91 Å². The summed E-state index contributed by atoms with van der Waals surface area (Å²) in [5.74, 6) is 0.0443. The van der Waals surface area contributed by atoms with Crippen LogP contribution in [0.15, 0.2) is 0 Å². The van der Waals surface area contributed by atoms with Gasteiger partial charge in [-0.3, -0.25) is 9.69 Å². The Kier molecular flexibility index (Phi) is 5.18. The number of hydrogen-bond donors (Lipinski definition) is 3. The molecule has 5 nitrogen and oxygen atoms in total. The van der Waals surface area contributed by atoms with Crippen molar-refractivity contribution >= 4 is 5.91 Å². The zero-order chi connectivity index (χ0) is 12.0. The first-order valence-corrected chi connectivity index (χ1v) is 5.94. The van der Waals surface area contributed by atoms with E-state index in [-0.39, 0.29) is 12.5 Å². The maximum atomic E-state index is 12.0. The van der Waals surface area contributed by atoms with E-state index in [1.807, 2.05) is 13.8 Å². The molecule has 0 aromatic carbocycles. The average molecular weight is 229 g/mol. The summed E-state index contributed by atoms with van der Waals surface area (Å²) >= 11 is 0. The molecule has 0 aromatic rings. The van der Waals surface area contributed by atoms with Gasteiger partial charge in [0.15, 0.2) is 0 Å². The summed E-state index contributed by atoms with van der Waals surface area (Å²) in [6.07, 6.45) is 0.614. The Hall–Kier alpha value is -0.650. The van der Waals surface area contributed by atoms with Crippen molar-refractivity contribution in [2.24, 2.45) is 0 Å². The molecule has 0 radical (unpaired) electrons. The average Bonchev–Trinajstić information content (AvgIpc) is 2.30. The fraction of sp³-hybridized carbons (Fsp3) is 0.909. The van der Waals surface area contributed by atoms with Crippen molar-refractivity contribution < 1.29 is 9.90 Å². The lowest BCUT2D eigenvalue weighted by molar-refractivity contribution is -0.132. The zero-order valence-corrected chi connectivity index (χ0v) is 10.3. The second-order valence-electron chi connectivity index (χ2n) is 4.63. The Morgan fingerprint density at radius 1 is 1.44 bits per heavy atom. The van der Waals surface area contributed by atoms with Gasteiger partial charge in [-0.2, -0.15) is 0 Å². The molecule has 0 aromatic heterocycles. The largest absolute Gasteiger partial charge is 0.396 e. The molecule has 1 heterocycles. The topological polar surface area (TPSA) is 64.6 Å². The van der Waals surface area contributed by atoms with Crippen molar-refractivity contribution in [2.45, 2.75) is 25.8 Å². The predicted octanol–water partition coefficient (Wildman–Crippen LogP) is -0.831. The van der Waals surface area contributed by atoms with Gasteiger partial charge < -0.3 is 15.7 Å². The van der Waals surface area contributed by atoms with E-state index in [2.05, 4.69) is 15.5 Å². The second-order valence-corrected chi connectivity index (χ2v) is 4.63. The van der Waals surface area contributed by atoms with Crippen LogP contribution in [-0.2, 0) is 4.79 Å². The summed E-state index contributed by atoms with van der Waals surface area (Å²) in [7, 11) is 0. The Morgan fingerprint density at radius 3 is 2.62 bits per heavy atom. The molecule has 1 aliphatic rings. The number of piperazine rings is 1. The third-order valence-corrected chi connectivity index (χ3v) is 3.08. The number of nitrogens with zero attached hydrogens (tertiary/aromatic N) is 1. The molecular weight excluding hydrogens is 206 g/mol. The van der Waals surface area contributed by atoms with Crippen molar-refractivity contribution in [1.82, 2.24) is 15.5 Å². The van der Waals surface area contributed by atoms with E-state index >= 15 is 0 Å². The van der Waals surface area contributed by atoms with Crippen molar-refractivity contribution in [3.05, 3.63) is 0 Å². The molecule has 1 saturated heterocycles. The van der Waals surface area contributed by atoms with Crippen LogP contribution in [0.3, 0.4) is 0 Å². The van der Waals surface area contributed by atoms with Gasteiger partial charge in [0, 0.05) is 39.3 Å². The molecule has 5 heteroatoms. The summed E-state index contributed by atoms with van der Waals surface area (Å²) in [6.45, 7) is 8.25. The first-order valence-electron chi connectivity index (χ1n) is 5.94. The lowest BCUT2D eigenvalue weighted by Gasteiger charge is -2.39. The summed E-state index contributed by atoms with van der Waals surface area (Å²) in [5, 5.41) is 14.8. The van der Waals surface area contributed by atoms with Crippen LogP contribution in [0, 0.1) is 0 Å². The van der Waals surface area contributed by atoms with Gasteiger partial charge in [-0.05, 0) is 20.3 Å². The van der Waals surface area contributed by atoms with Gasteiger partial charge in [-0.25, -0.2) is 0 Å². The normalized spacial score (nSPS) is 18.4. The van der Waals surface area contributed by atoms with Crippen LogP contribution in [0.1, 0.15) is 20.3 Å². The minimum absolute atomic E-state index is 0.0443. The highest BCUT2D eigenvalue weighted by Gasteiger charge is 2.34. The maximum Gasteiger partial charge on any atom is 0.239 e. The number of carbonyl (C=O) groups is 1. The van der Waals surface area contributed by atoms with Crippen molar-refractivity contribution in [1.29, 1.82) is 0 Å². The van der Waals surface area contributed by atoms with Crippen molar-refractivity contribution in [3.63, 3.8) is 0 Å². The number of aliphatic hydroxyl groups is 1. The van der Waals surface area contributed by atoms with Gasteiger partial charge >= 0.3 is 0 Å². The molecule has 0 bridgehead atoms. The van der Waals surface area contributed by atoms with Crippen LogP contribution in [0.4, 0.5) is 0 Å². The molecule has 1 amide bonds. The Morgan fingerprint density at radius 2 is 2.06 bits per heavy atom. The van der Waals surface area contributed by atoms with Crippen LogP contribution in [-0.4, -0.2) is 60.8 Å². The maximum absolute atomic E-state index is 12.0. The van der Waals surface area contributed by atoms with Gasteiger partial charge in [-0.1, -0.05) is 0 Å². The Bertz CT molecular complexity index is 225. The molecule has 1 aliphatic heterocycles. The number of aliphatic hydroxyl groups excluding tert-OH is 1. The molecule has 16 heavy (non-hydrogen) atoms. The number of amides is 1. The fourth-order valence-corrected chi connectivity index (χ4v) is 1.86. The van der Waals surface area contributed by atoms with E-state index in [9.17, 15) is 4.79 Å². The monoisotopic (exact) mass is 229 g/mol. The number of carbonyl (C=O) groups excluding carboxylic acids is 1. The summed E-state index contributed by atoms with van der Waals surface area (Å²) in [5.41, 5.74) is -0.461. The van der Waals surface area contributed by atoms with Crippen LogP contribution < -0.4 is 10.6 Å². The molecular formula is C11H23N3O2. The van der Waals surface area contributed by atoms with Gasteiger partial charge in [0.05, 0.1) is 5.54 Å². The second kappa shape index (κ2) is 6.18. The highest BCUT2D eigenvalue weighted by molar-refractivity contribution is 5.85. The third kappa shape index (κ3) is 3.43. The number of rotatable bonds is 5. The molecule has 0 saturated carbocycles. The molecule has 1 fully saturated rings. The van der Waals surface area contributed by atoms with E-state index in [1.165, 1.54) is 0 Å². The third-order valence-electron chi connectivity index (χ3n) is 3.08. The highest BCUT2D eigenvalue weighted by Crippen LogP contribution is 2.14. The lowest BCUT2D eigenvalue weighted by Crippen LogP contribution is -2.60. The van der Waals surface area contributed by atoms with Crippen LogP contribution in [0.25, 0.3) is 0 Å². The van der Waals surface area contributed by atoms with Crippen LogP contribution in [0.2, 0.25) is 0 Å². The minimum atomic E-state index is -0.461. The molecule has 1 rings (SSSR count). The van der Waals surface area contributed by atoms with Gasteiger partial charge in [0.25, 0.3) is 0 Å². The smallest absolute Gasteiger partial charge is 0.239 e. The van der Waals surface area contributed by atoms with Gasteiger partial charge in [0.1, 0.15) is 0 Å². The van der Waals surface area contributed by atoms with Crippen LogP contribution >= 0.6 is 0 Å². The minimum Gasteiger partial charge on any atom is -0.396 e. The van der Waals surface area contributed by atoms with Crippen molar-refractivity contribution in [2.75, 3.05) is 39.3 Å². The first kappa shape index (κ1) is 13.4. The quantitative estimate of drug-likeness (QED) is 0.538. The number of hydrogen-bond acceptors (Lipinski definition) is 4. The molecule has 0 aliphatic carbocycles. The molecule has 0 spiro atoms. The summed E-state index contributed by atoms with van der Waals surface area (Å²) in [6, 6.07) is 0. The first-order chi connectivity index (χ1) is 7.59. The zero-order valence-electron chi connectivity index (χ0n) is 10.3. The highest BCUT2D eigenvalue weighted by atomic mass is 16.3. The standard InChI is InChI=1S/C11H23N3O2/c1-11(2,10(16)13-4-3-9-15)14-7-5-12-6-8-14/h12,15H,3-9H2,1-2H3,(H,13,16). The molecule has 3 N–H and O–H groups in total. The summed E-state index contributed by atoms with van der Waals surface area (Å²) < 4.78 is 0. The van der Waals surface area contributed by atoms with E-state index in [4.69, 9.17) is 5.11 Å². The molecule has 0 unspecified atom stereocenters. The van der Waals surface area contributed by atoms with E-state index in [1.54, 1.807) is 0 Å². The molecule has 94 valence electrons. The van der Waals surface area contributed by atoms with E-state index in [0.717, 1.165) is 26.2 Å². The van der Waals surface area contributed by atoms with Gasteiger partial charge in [-0.15, -0.1) is 0 Å². The van der Waals surface area contributed by atoms with E-state index < -0.39 is 5.54 Å². The lowest BCUT2D eigenvalue weighted by atomic mass is 10.0. The van der Waals surface area contributed by atoms with E-state index in [0.29, 0.717) is 13.0 Å². The SMILES string of the molecule is CC(C)(C(=O)NCCCO)N1CCNCC1. The number of nitrogens with one attached hydrogen (secondary N) is 2. The predicted molar refractivity (Wildman–Crippen MR) is 63.2 cm³/mol.